The predicted octanol–water partition coefficient (Wildman–Crippen LogP) is -2.98. The fourth-order valence-corrected chi connectivity index (χ4v) is 0.975. The van der Waals surface area contributed by atoms with E-state index < -0.39 is 5.97 Å². The van der Waals surface area contributed by atoms with Gasteiger partial charge < -0.3 is 27.4 Å². The van der Waals surface area contributed by atoms with Crippen molar-refractivity contribution in [3.8, 4) is 0 Å². The number of pyridine rings is 2. The molecule has 0 radical (unpaired) electrons. The standard InChI is InChI=1S/C6H5NO2.C6H7NO.ClH.Pt/c8-6(9)5-3-1-2-4-7-5;8-5-6-3-1-2-4-7-6;;/h1-4H,(H,8,9);1-4,8H,5H2;1H;/q;;;+2/p-2. The third kappa shape index (κ3) is 8.43. The van der Waals surface area contributed by atoms with Crippen molar-refractivity contribution in [2.75, 3.05) is 0 Å². The number of halogens is 1. The zero-order valence-corrected chi connectivity index (χ0v) is 12.7. The van der Waals surface area contributed by atoms with Crippen LogP contribution in [0.3, 0.4) is 0 Å². The maximum Gasteiger partial charge on any atom is 2.00 e. The molecule has 0 saturated heterocycles. The first-order valence-corrected chi connectivity index (χ1v) is 4.87. The molecule has 0 aliphatic carbocycles. The Kier molecular flexibility index (Phi) is 12.4. The van der Waals surface area contributed by atoms with Gasteiger partial charge in [0.2, 0.25) is 0 Å². The molecule has 0 spiro atoms. The Balaban J connectivity index is 0. The van der Waals surface area contributed by atoms with Crippen LogP contribution in [0.1, 0.15) is 16.2 Å². The number of carbonyl (C=O) groups is 1. The second-order valence-electron chi connectivity index (χ2n) is 2.98. The van der Waals surface area contributed by atoms with Gasteiger partial charge in [-0.25, -0.2) is 0 Å². The largest absolute Gasteiger partial charge is 2.00 e. The third-order valence-corrected chi connectivity index (χ3v) is 1.76. The summed E-state index contributed by atoms with van der Waals surface area (Å²) in [5.41, 5.74) is 0.685. The minimum Gasteiger partial charge on any atom is -1.00 e. The van der Waals surface area contributed by atoms with Crippen LogP contribution < -0.4 is 17.5 Å². The fraction of sp³-hybridized carbons (Fsp3) is 0.0833. The number of rotatable bonds is 2. The molecule has 1 N–H and O–H groups in total. The number of carbonyl (C=O) groups excluding carboxylic acids is 1. The molecule has 2 rings (SSSR count). The number of nitrogens with zero attached hydrogens (tertiary/aromatic N) is 2. The number of aromatic nitrogens is 2. The first-order valence-electron chi connectivity index (χ1n) is 4.87. The second-order valence-corrected chi connectivity index (χ2v) is 2.98. The summed E-state index contributed by atoms with van der Waals surface area (Å²) < 4.78 is 0. The molecule has 0 unspecified atom stereocenters. The van der Waals surface area contributed by atoms with Crippen molar-refractivity contribution >= 4 is 5.97 Å². The molecule has 2 aromatic rings. The van der Waals surface area contributed by atoms with E-state index in [0.29, 0.717) is 5.69 Å². The molecule has 104 valence electrons. The molecule has 0 aromatic carbocycles. The fourth-order valence-electron chi connectivity index (χ4n) is 0.975. The summed E-state index contributed by atoms with van der Waals surface area (Å²) in [7, 11) is 0. The number of aromatic carboxylic acids is 1. The normalized spacial score (nSPS) is 8.05. The van der Waals surface area contributed by atoms with Gasteiger partial charge in [-0.05, 0) is 24.3 Å². The minimum atomic E-state index is -1.24. The average Bonchev–Trinajstić information content (AvgIpc) is 2.41. The van der Waals surface area contributed by atoms with Crippen LogP contribution in [0.4, 0.5) is 0 Å². The average molecular weight is 462 g/mol. The van der Waals surface area contributed by atoms with Crippen molar-refractivity contribution in [2.24, 2.45) is 0 Å². The van der Waals surface area contributed by atoms with Crippen LogP contribution in [-0.2, 0) is 27.7 Å². The van der Waals surface area contributed by atoms with E-state index in [9.17, 15) is 9.90 Å². The van der Waals surface area contributed by atoms with Crippen molar-refractivity contribution in [2.45, 2.75) is 6.61 Å². The summed E-state index contributed by atoms with van der Waals surface area (Å²) in [6.45, 7) is 0.0286. The number of hydrogen-bond donors (Lipinski definition) is 1. The van der Waals surface area contributed by atoms with Crippen LogP contribution in [0.2, 0.25) is 0 Å². The van der Waals surface area contributed by atoms with Crippen LogP contribution in [0.5, 0.6) is 0 Å². The molecule has 0 amide bonds. The van der Waals surface area contributed by atoms with Gasteiger partial charge in [0.25, 0.3) is 0 Å². The maximum absolute atomic E-state index is 10.0. The van der Waals surface area contributed by atoms with Crippen LogP contribution >= 0.6 is 0 Å². The van der Waals surface area contributed by atoms with Gasteiger partial charge in [0.15, 0.2) is 0 Å². The van der Waals surface area contributed by atoms with Crippen LogP contribution in [0.15, 0.2) is 48.8 Å². The summed E-state index contributed by atoms with van der Waals surface area (Å²) in [4.78, 5) is 17.4. The van der Waals surface area contributed by atoms with E-state index in [-0.39, 0.29) is 45.8 Å². The van der Waals surface area contributed by atoms with E-state index >= 15 is 0 Å². The molecular formula is C12H11ClN2O3Pt. The molecule has 0 aliphatic rings. The van der Waals surface area contributed by atoms with E-state index in [1.807, 2.05) is 12.1 Å². The topological polar surface area (TPSA) is 86.1 Å². The monoisotopic (exact) mass is 461 g/mol. The Morgan fingerprint density at radius 1 is 1.11 bits per heavy atom. The second kappa shape index (κ2) is 11.8. The Morgan fingerprint density at radius 2 is 1.68 bits per heavy atom. The zero-order chi connectivity index (χ0) is 12.5. The quantitative estimate of drug-likeness (QED) is 0.516. The van der Waals surface area contributed by atoms with Gasteiger partial charge >= 0.3 is 21.1 Å². The van der Waals surface area contributed by atoms with Gasteiger partial charge in [-0.15, -0.1) is 0 Å². The smallest absolute Gasteiger partial charge is 1.00 e. The summed E-state index contributed by atoms with van der Waals surface area (Å²) in [6.07, 6.45) is 3.07. The van der Waals surface area contributed by atoms with Crippen LogP contribution in [-0.4, -0.2) is 21.0 Å². The molecule has 7 heteroatoms. The van der Waals surface area contributed by atoms with Gasteiger partial charge in [-0.3, -0.25) is 9.97 Å². The first-order chi connectivity index (χ1) is 8.24. The molecule has 19 heavy (non-hydrogen) atoms. The van der Waals surface area contributed by atoms with E-state index in [0.717, 1.165) is 0 Å². The summed E-state index contributed by atoms with van der Waals surface area (Å²) >= 11 is 0. The van der Waals surface area contributed by atoms with E-state index in [1.54, 1.807) is 24.4 Å². The Bertz CT molecular complexity index is 457. The number of hydrogen-bond acceptors (Lipinski definition) is 5. The van der Waals surface area contributed by atoms with Gasteiger partial charge in [0, 0.05) is 12.4 Å². The van der Waals surface area contributed by atoms with Crippen molar-refractivity contribution in [1.82, 2.24) is 9.97 Å². The van der Waals surface area contributed by atoms with Crippen molar-refractivity contribution in [3.63, 3.8) is 0 Å². The Labute approximate surface area is 131 Å². The van der Waals surface area contributed by atoms with E-state index in [2.05, 4.69) is 9.97 Å². The summed E-state index contributed by atoms with van der Waals surface area (Å²) in [5, 5.41) is 18.5. The van der Waals surface area contributed by atoms with Crippen molar-refractivity contribution < 1.29 is 48.5 Å². The molecule has 2 aromatic heterocycles. The molecule has 5 nitrogen and oxygen atoms in total. The minimum absolute atomic E-state index is 0. The zero-order valence-electron chi connectivity index (χ0n) is 9.68. The first kappa shape index (κ1) is 20.0. The van der Waals surface area contributed by atoms with Crippen LogP contribution in [0.25, 0.3) is 0 Å². The van der Waals surface area contributed by atoms with E-state index in [4.69, 9.17) is 5.11 Å². The van der Waals surface area contributed by atoms with Gasteiger partial charge in [-0.1, -0.05) is 12.1 Å². The van der Waals surface area contributed by atoms with Gasteiger partial charge in [-0.2, -0.15) is 0 Å². The number of aliphatic hydroxyl groups is 1. The molecular weight excluding hydrogens is 451 g/mol. The Hall–Kier alpha value is -1.29. The predicted molar refractivity (Wildman–Crippen MR) is 58.7 cm³/mol. The molecule has 0 aliphatic heterocycles. The molecule has 2 heterocycles. The van der Waals surface area contributed by atoms with Crippen LogP contribution in [0, 0.1) is 0 Å². The molecule has 0 fully saturated rings. The number of aliphatic hydroxyl groups excluding tert-OH is 1. The summed E-state index contributed by atoms with van der Waals surface area (Å²) in [6, 6.07) is 10.1. The molecule has 0 saturated carbocycles. The number of carboxylic acid groups (broad SMARTS) is 1. The summed E-state index contributed by atoms with van der Waals surface area (Å²) in [5.74, 6) is -1.24. The maximum atomic E-state index is 10.0. The van der Waals surface area contributed by atoms with E-state index in [1.165, 1.54) is 12.3 Å². The van der Waals surface area contributed by atoms with Crippen molar-refractivity contribution in [1.29, 1.82) is 0 Å². The Morgan fingerprint density at radius 3 is 1.95 bits per heavy atom. The SMILES string of the molecule is O=C([O-])c1ccccn1.OCc1ccccn1.[Cl-].[Pt+2]. The molecule has 0 atom stereocenters. The number of carboxylic acids is 1. The third-order valence-electron chi connectivity index (χ3n) is 1.76. The van der Waals surface area contributed by atoms with Gasteiger partial charge in [0.1, 0.15) is 0 Å². The molecule has 0 bridgehead atoms. The van der Waals surface area contributed by atoms with Crippen molar-refractivity contribution in [3.05, 3.63) is 60.2 Å². The van der Waals surface area contributed by atoms with Gasteiger partial charge in [0.05, 0.1) is 24.0 Å².